The lowest BCUT2D eigenvalue weighted by Crippen LogP contribution is -2.53. The van der Waals surface area contributed by atoms with E-state index in [2.05, 4.69) is 0 Å². The lowest BCUT2D eigenvalue weighted by Gasteiger charge is -2.39. The molecule has 2 aromatic rings. The van der Waals surface area contributed by atoms with Crippen LogP contribution in [0.4, 0.5) is 13.2 Å². The van der Waals surface area contributed by atoms with E-state index in [9.17, 15) is 28.5 Å². The van der Waals surface area contributed by atoms with Crippen molar-refractivity contribution in [2.45, 2.75) is 37.1 Å². The minimum Gasteiger partial charge on any atom is -0.508 e. The van der Waals surface area contributed by atoms with Gasteiger partial charge in [0, 0.05) is 17.0 Å². The number of rotatable bonds is 6. The van der Waals surface area contributed by atoms with Crippen molar-refractivity contribution in [3.8, 4) is 11.5 Å². The van der Waals surface area contributed by atoms with Gasteiger partial charge in [0.15, 0.2) is 0 Å². The molecule has 158 valence electrons. The number of hydrogen-bond acceptors (Lipinski definition) is 5. The van der Waals surface area contributed by atoms with Crippen molar-refractivity contribution in [2.24, 2.45) is 0 Å². The van der Waals surface area contributed by atoms with E-state index in [0.717, 1.165) is 5.56 Å². The maximum Gasteiger partial charge on any atom is 0.301 e. The highest BCUT2D eigenvalue weighted by Crippen LogP contribution is 2.43. The van der Waals surface area contributed by atoms with Crippen LogP contribution in [0.5, 0.6) is 11.5 Å². The Morgan fingerprint density at radius 3 is 2.52 bits per heavy atom. The largest absolute Gasteiger partial charge is 0.508 e. The van der Waals surface area contributed by atoms with Gasteiger partial charge in [-0.3, -0.25) is 0 Å². The van der Waals surface area contributed by atoms with Gasteiger partial charge in [-0.05, 0) is 41.8 Å². The summed E-state index contributed by atoms with van der Waals surface area (Å²) >= 11 is 6.22. The summed E-state index contributed by atoms with van der Waals surface area (Å²) in [7, 11) is 0. The summed E-state index contributed by atoms with van der Waals surface area (Å²) in [6.07, 6.45) is -5.07. The molecule has 29 heavy (non-hydrogen) atoms. The number of benzene rings is 2. The highest BCUT2D eigenvalue weighted by molar-refractivity contribution is 6.31. The molecule has 3 unspecified atom stereocenters. The van der Waals surface area contributed by atoms with Crippen molar-refractivity contribution in [2.75, 3.05) is 13.5 Å². The first-order valence-corrected chi connectivity index (χ1v) is 9.25. The zero-order valence-electron chi connectivity index (χ0n) is 15.2. The predicted molar refractivity (Wildman–Crippen MR) is 99.2 cm³/mol. The summed E-state index contributed by atoms with van der Waals surface area (Å²) in [4.78, 5) is 0. The van der Waals surface area contributed by atoms with Gasteiger partial charge in [-0.1, -0.05) is 23.7 Å². The molecule has 1 aliphatic heterocycles. The van der Waals surface area contributed by atoms with Crippen molar-refractivity contribution in [3.63, 3.8) is 0 Å². The Labute approximate surface area is 170 Å². The molecule has 1 saturated heterocycles. The second kappa shape index (κ2) is 8.79. The minimum absolute atomic E-state index is 0.190. The third-order valence-electron chi connectivity index (χ3n) is 4.89. The van der Waals surface area contributed by atoms with Crippen LogP contribution in [0.25, 0.3) is 0 Å². The molecule has 0 radical (unpaired) electrons. The molecule has 0 aromatic heterocycles. The van der Waals surface area contributed by atoms with Crippen LogP contribution in [0.1, 0.15) is 29.2 Å². The number of hydrogen-bond donors (Lipinski definition) is 3. The highest BCUT2D eigenvalue weighted by Gasteiger charge is 2.53. The average Bonchev–Trinajstić information content (AvgIpc) is 2.68. The number of phenols is 1. The van der Waals surface area contributed by atoms with Crippen molar-refractivity contribution < 1.29 is 38.0 Å². The summed E-state index contributed by atoms with van der Waals surface area (Å²) in [5.74, 6) is -3.49. The third kappa shape index (κ3) is 4.61. The van der Waals surface area contributed by atoms with Gasteiger partial charge in [-0.2, -0.15) is 0 Å². The second-order valence-electron chi connectivity index (χ2n) is 6.80. The molecule has 1 fully saturated rings. The van der Waals surface area contributed by atoms with Gasteiger partial charge in [-0.15, -0.1) is 0 Å². The van der Waals surface area contributed by atoms with Gasteiger partial charge in [0.25, 0.3) is 0 Å². The van der Waals surface area contributed by atoms with Crippen LogP contribution in [0.3, 0.4) is 0 Å². The Kier molecular flexibility index (Phi) is 6.58. The molecular weight excluding hydrogens is 413 g/mol. The summed E-state index contributed by atoms with van der Waals surface area (Å²) in [6, 6.07) is 9.44. The van der Waals surface area contributed by atoms with Gasteiger partial charge in [0.2, 0.25) is 6.86 Å². The molecule has 1 heterocycles. The lowest BCUT2D eigenvalue weighted by molar-refractivity contribution is -0.259. The minimum atomic E-state index is -3.60. The molecule has 3 rings (SSSR count). The van der Waals surface area contributed by atoms with Crippen molar-refractivity contribution >= 4 is 11.6 Å². The Hall–Kier alpha value is -2.00. The van der Waals surface area contributed by atoms with E-state index in [1.54, 1.807) is 24.3 Å². The second-order valence-corrected chi connectivity index (χ2v) is 7.21. The fourth-order valence-corrected chi connectivity index (χ4v) is 3.52. The topological polar surface area (TPSA) is 79.2 Å². The zero-order chi connectivity index (χ0) is 21.2. The van der Waals surface area contributed by atoms with E-state index in [1.807, 2.05) is 0 Å². The van der Waals surface area contributed by atoms with Gasteiger partial charge in [-0.25, -0.2) is 13.2 Å². The zero-order valence-corrected chi connectivity index (χ0v) is 16.0. The van der Waals surface area contributed by atoms with Crippen molar-refractivity contribution in [1.82, 2.24) is 0 Å². The Balaban J connectivity index is 1.86. The first-order valence-electron chi connectivity index (χ1n) is 8.87. The van der Waals surface area contributed by atoms with Gasteiger partial charge in [0.1, 0.15) is 23.7 Å². The fraction of sp³-hybridized carbons (Fsp3) is 0.400. The number of aliphatic hydroxyl groups is 2. The first-order chi connectivity index (χ1) is 13.8. The summed E-state index contributed by atoms with van der Waals surface area (Å²) < 4.78 is 50.1. The molecule has 0 spiro atoms. The molecule has 0 amide bonds. The van der Waals surface area contributed by atoms with Gasteiger partial charge >= 0.3 is 5.92 Å². The summed E-state index contributed by atoms with van der Waals surface area (Å²) in [5, 5.41) is 29.5. The van der Waals surface area contributed by atoms with Crippen molar-refractivity contribution in [3.05, 3.63) is 58.1 Å². The van der Waals surface area contributed by atoms with Crippen LogP contribution in [0.2, 0.25) is 5.02 Å². The van der Waals surface area contributed by atoms with E-state index in [0.29, 0.717) is 17.7 Å². The number of halogens is 4. The molecular formula is C20H20ClF3O5. The van der Waals surface area contributed by atoms with Crippen LogP contribution in [-0.4, -0.2) is 46.9 Å². The molecule has 3 atom stereocenters. The first kappa shape index (κ1) is 21.7. The molecule has 5 nitrogen and oxygen atoms in total. The van der Waals surface area contributed by atoms with E-state index in [4.69, 9.17) is 21.1 Å². The number of ether oxygens (including phenoxy) is 2. The number of alkyl halides is 3. The maximum absolute atomic E-state index is 13.9. The van der Waals surface area contributed by atoms with Crippen molar-refractivity contribution in [1.29, 1.82) is 0 Å². The van der Waals surface area contributed by atoms with Crippen LogP contribution in [0, 0.1) is 0 Å². The monoisotopic (exact) mass is 432 g/mol. The van der Waals surface area contributed by atoms with Gasteiger partial charge in [0.05, 0.1) is 12.7 Å². The Bertz CT molecular complexity index is 847. The Morgan fingerprint density at radius 1 is 1.21 bits per heavy atom. The fourth-order valence-electron chi connectivity index (χ4n) is 3.29. The molecule has 0 bridgehead atoms. The highest BCUT2D eigenvalue weighted by atomic mass is 35.5. The SMILES string of the molecule is OCC1OC(c2cc(Cc3ccc(OCF)cc3)c(Cl)cc2O)CC(O)C1(F)F. The standard InChI is InChI=1S/C20H20ClF3O5/c21-15-7-16(26)14(17-8-18(27)20(23,24)19(9-25)29-17)6-12(15)5-11-1-3-13(4-2-11)28-10-22/h1-4,6-7,17-19,25-27H,5,8-10H2. The number of aliphatic hydroxyl groups excluding tert-OH is 2. The molecule has 0 aliphatic carbocycles. The van der Waals surface area contributed by atoms with Crippen LogP contribution >= 0.6 is 11.6 Å². The molecule has 2 aromatic carbocycles. The van der Waals surface area contributed by atoms with E-state index in [1.165, 1.54) is 12.1 Å². The molecule has 3 N–H and O–H groups in total. The van der Waals surface area contributed by atoms with Gasteiger partial charge < -0.3 is 24.8 Å². The number of aromatic hydroxyl groups is 1. The average molecular weight is 433 g/mol. The third-order valence-corrected chi connectivity index (χ3v) is 5.24. The molecule has 9 heteroatoms. The van der Waals surface area contributed by atoms with E-state index >= 15 is 0 Å². The maximum atomic E-state index is 13.9. The Morgan fingerprint density at radius 2 is 1.90 bits per heavy atom. The smallest absolute Gasteiger partial charge is 0.301 e. The molecule has 0 saturated carbocycles. The lowest BCUT2D eigenvalue weighted by atomic mass is 9.91. The summed E-state index contributed by atoms with van der Waals surface area (Å²) in [6.45, 7) is -1.91. The van der Waals surface area contributed by atoms with E-state index in [-0.39, 0.29) is 16.3 Å². The normalized spacial score (nSPS) is 23.7. The molecule has 1 aliphatic rings. The number of phenolic OH excluding ortho intramolecular Hbond substituents is 1. The predicted octanol–water partition coefficient (Wildman–Crippen LogP) is 3.76. The van der Waals surface area contributed by atoms with E-state index < -0.39 is 44.1 Å². The van der Waals surface area contributed by atoms with Crippen LogP contribution in [-0.2, 0) is 11.2 Å². The summed E-state index contributed by atoms with van der Waals surface area (Å²) in [5.41, 5.74) is 1.60. The van der Waals surface area contributed by atoms with Crippen LogP contribution in [0.15, 0.2) is 36.4 Å². The van der Waals surface area contributed by atoms with Crippen LogP contribution < -0.4 is 4.74 Å². The quantitative estimate of drug-likeness (QED) is 0.647.